The summed E-state index contributed by atoms with van der Waals surface area (Å²) in [5.41, 5.74) is 5.35. The number of aromatic nitrogens is 2. The fourth-order valence-electron chi connectivity index (χ4n) is 6.85. The monoisotopic (exact) mass is 715 g/mol. The fourth-order valence-corrected chi connectivity index (χ4v) is 6.85. The van der Waals surface area contributed by atoms with Crippen LogP contribution in [0.2, 0.25) is 0 Å². The van der Waals surface area contributed by atoms with Crippen LogP contribution in [0.15, 0.2) is 85.6 Å². The summed E-state index contributed by atoms with van der Waals surface area (Å²) >= 11 is 0. The molecule has 53 heavy (non-hydrogen) atoms. The quantitative estimate of drug-likeness (QED) is 0.0977. The first-order valence-corrected chi connectivity index (χ1v) is 17.9. The molecule has 3 heterocycles. The van der Waals surface area contributed by atoms with Crippen molar-refractivity contribution in [3.05, 3.63) is 119 Å². The summed E-state index contributed by atoms with van der Waals surface area (Å²) in [6.45, 7) is 11.8. The van der Waals surface area contributed by atoms with Gasteiger partial charge in [-0.2, -0.15) is 0 Å². The number of hydrogen-bond acceptors (Lipinski definition) is 10. The van der Waals surface area contributed by atoms with Crippen LogP contribution in [0.5, 0.6) is 11.5 Å². The Morgan fingerprint density at radius 1 is 0.981 bits per heavy atom. The number of carbonyl (C=O) groups excluding carboxylic acids is 4. The topological polar surface area (TPSA) is 131 Å². The lowest BCUT2D eigenvalue weighted by Gasteiger charge is -2.35. The van der Waals surface area contributed by atoms with E-state index in [-0.39, 0.29) is 48.0 Å². The average Bonchev–Trinajstić information content (AvgIpc) is 3.17. The van der Waals surface area contributed by atoms with Gasteiger partial charge in [0, 0.05) is 80.4 Å². The molecule has 1 aromatic heterocycles. The Labute approximate surface area is 310 Å². The van der Waals surface area contributed by atoms with Crippen molar-refractivity contribution in [1.82, 2.24) is 20.2 Å². The average molecular weight is 716 g/mol. The van der Waals surface area contributed by atoms with Gasteiger partial charge in [0.25, 0.3) is 0 Å². The number of nitrogens with zero attached hydrogens (tertiary/aromatic N) is 4. The van der Waals surface area contributed by atoms with Crippen LogP contribution < -0.4 is 19.7 Å². The SMILES string of the molecule is C=C(c1ccc(N2CCC(Oc3ccc(C(C)(C)c4ccc(OCc5ccnc(C(C)=O)n5)cc4)cc3)CC2)cc1C=O)N(C)C1CCC(=O)NC1=O. The predicted molar refractivity (Wildman–Crippen MR) is 202 cm³/mol. The lowest BCUT2D eigenvalue weighted by atomic mass is 9.78. The van der Waals surface area contributed by atoms with E-state index in [0.717, 1.165) is 54.8 Å². The van der Waals surface area contributed by atoms with Crippen molar-refractivity contribution in [2.45, 2.75) is 70.6 Å². The Morgan fingerprint density at radius 2 is 1.64 bits per heavy atom. The highest BCUT2D eigenvalue weighted by molar-refractivity contribution is 6.01. The highest BCUT2D eigenvalue weighted by Gasteiger charge is 2.31. The number of imide groups is 1. The van der Waals surface area contributed by atoms with Crippen LogP contribution in [0.1, 0.15) is 89.8 Å². The first kappa shape index (κ1) is 36.9. The van der Waals surface area contributed by atoms with Crippen molar-refractivity contribution in [3.8, 4) is 11.5 Å². The number of hydrogen-bond donors (Lipinski definition) is 1. The molecule has 0 spiro atoms. The largest absolute Gasteiger partial charge is 0.490 e. The summed E-state index contributed by atoms with van der Waals surface area (Å²) in [5.74, 6) is 0.917. The Hall–Kier alpha value is -5.84. The molecule has 0 aliphatic carbocycles. The normalized spacial score (nSPS) is 16.5. The second kappa shape index (κ2) is 15.8. The molecule has 4 aromatic rings. The minimum Gasteiger partial charge on any atom is -0.490 e. The molecule has 0 bridgehead atoms. The van der Waals surface area contributed by atoms with E-state index in [1.54, 1.807) is 24.2 Å². The number of rotatable bonds is 13. The number of benzene rings is 3. The third kappa shape index (κ3) is 8.46. The lowest BCUT2D eigenvalue weighted by molar-refractivity contribution is -0.136. The number of ether oxygens (including phenoxy) is 2. The standard InChI is InChI=1S/C42H45N5O6/c1-27(46(5)38-16-17-39(50)45-41(38)51)37-15-10-33(24-29(37)25-48)47-22-19-36(20-23-47)53-35-13-8-31(9-14-35)42(3,4)30-6-11-34(12-7-30)52-26-32-18-21-43-40(44-32)28(2)49/h6-15,18,21,24-25,36,38H,1,16-17,19-20,22-23,26H2,2-5H3,(H,45,50,51). The third-order valence-electron chi connectivity index (χ3n) is 10.3. The zero-order chi connectivity index (χ0) is 37.7. The van der Waals surface area contributed by atoms with Crippen LogP contribution in [-0.2, 0) is 21.6 Å². The van der Waals surface area contributed by atoms with Gasteiger partial charge in [-0.25, -0.2) is 9.97 Å². The summed E-state index contributed by atoms with van der Waals surface area (Å²) in [6, 6.07) is 23.3. The molecule has 2 fully saturated rings. The number of amides is 2. The smallest absolute Gasteiger partial charge is 0.249 e. The second-order valence-corrected chi connectivity index (χ2v) is 14.1. The van der Waals surface area contributed by atoms with E-state index < -0.39 is 6.04 Å². The van der Waals surface area contributed by atoms with Gasteiger partial charge in [0.05, 0.1) is 5.69 Å². The van der Waals surface area contributed by atoms with E-state index in [4.69, 9.17) is 9.47 Å². The molecule has 6 rings (SSSR count). The summed E-state index contributed by atoms with van der Waals surface area (Å²) in [7, 11) is 1.76. The van der Waals surface area contributed by atoms with Gasteiger partial charge in [0.1, 0.15) is 30.3 Å². The van der Waals surface area contributed by atoms with Crippen LogP contribution in [0.25, 0.3) is 5.70 Å². The molecule has 1 unspecified atom stereocenters. The number of likely N-dealkylation sites (N-methyl/N-ethyl adjacent to an activating group) is 1. The molecule has 0 radical (unpaired) electrons. The maximum atomic E-state index is 12.4. The fraction of sp³-hybridized carbons (Fsp3) is 0.333. The highest BCUT2D eigenvalue weighted by atomic mass is 16.5. The third-order valence-corrected chi connectivity index (χ3v) is 10.3. The molecule has 2 aliphatic rings. The molecule has 11 nitrogen and oxygen atoms in total. The number of carbonyl (C=O) groups is 4. The summed E-state index contributed by atoms with van der Waals surface area (Å²) in [4.78, 5) is 60.0. The highest BCUT2D eigenvalue weighted by Crippen LogP contribution is 2.34. The van der Waals surface area contributed by atoms with Crippen LogP contribution in [-0.4, -0.2) is 71.0 Å². The number of Topliss-reactive ketones (excluding diaryl/α,β-unsaturated/α-hetero) is 1. The van der Waals surface area contributed by atoms with Gasteiger partial charge < -0.3 is 19.3 Å². The van der Waals surface area contributed by atoms with Crippen molar-refractivity contribution in [3.63, 3.8) is 0 Å². The van der Waals surface area contributed by atoms with Gasteiger partial charge in [-0.05, 0) is 60.0 Å². The molecule has 11 heteroatoms. The Kier molecular flexibility index (Phi) is 11.0. The van der Waals surface area contributed by atoms with Gasteiger partial charge in [-0.1, -0.05) is 50.8 Å². The van der Waals surface area contributed by atoms with E-state index in [0.29, 0.717) is 34.7 Å². The van der Waals surface area contributed by atoms with Crippen molar-refractivity contribution in [2.75, 3.05) is 25.0 Å². The van der Waals surface area contributed by atoms with E-state index in [2.05, 4.69) is 64.9 Å². The molecule has 2 aliphatic heterocycles. The van der Waals surface area contributed by atoms with Crippen LogP contribution >= 0.6 is 0 Å². The molecule has 274 valence electrons. The Morgan fingerprint density at radius 3 is 2.26 bits per heavy atom. The van der Waals surface area contributed by atoms with Gasteiger partial charge >= 0.3 is 0 Å². The van der Waals surface area contributed by atoms with Crippen molar-refractivity contribution in [1.29, 1.82) is 0 Å². The first-order chi connectivity index (χ1) is 25.4. The molecule has 2 amide bonds. The van der Waals surface area contributed by atoms with E-state index in [9.17, 15) is 19.2 Å². The molecular weight excluding hydrogens is 670 g/mol. The molecule has 1 atom stereocenters. The van der Waals surface area contributed by atoms with E-state index >= 15 is 0 Å². The summed E-state index contributed by atoms with van der Waals surface area (Å²) in [6.07, 6.45) is 4.79. The predicted octanol–water partition coefficient (Wildman–Crippen LogP) is 6.15. The second-order valence-electron chi connectivity index (χ2n) is 14.1. The first-order valence-electron chi connectivity index (χ1n) is 17.9. The van der Waals surface area contributed by atoms with E-state index in [1.165, 1.54) is 6.92 Å². The summed E-state index contributed by atoms with van der Waals surface area (Å²) in [5, 5.41) is 2.38. The number of piperidine rings is 2. The molecule has 3 aromatic carbocycles. The number of nitrogens with one attached hydrogen (secondary N) is 1. The number of ketones is 1. The zero-order valence-electron chi connectivity index (χ0n) is 30.6. The summed E-state index contributed by atoms with van der Waals surface area (Å²) < 4.78 is 12.3. The van der Waals surface area contributed by atoms with Crippen LogP contribution in [0.3, 0.4) is 0 Å². The van der Waals surface area contributed by atoms with Crippen molar-refractivity contribution in [2.24, 2.45) is 0 Å². The molecule has 1 N–H and O–H groups in total. The number of aldehydes is 1. The van der Waals surface area contributed by atoms with Gasteiger partial charge in [-0.15, -0.1) is 0 Å². The molecule has 2 saturated heterocycles. The lowest BCUT2D eigenvalue weighted by Crippen LogP contribution is -2.50. The van der Waals surface area contributed by atoms with Gasteiger partial charge in [0.2, 0.25) is 11.8 Å². The molecule has 0 saturated carbocycles. The van der Waals surface area contributed by atoms with Crippen LogP contribution in [0.4, 0.5) is 5.69 Å². The maximum Gasteiger partial charge on any atom is 0.249 e. The van der Waals surface area contributed by atoms with Crippen molar-refractivity contribution >= 4 is 35.3 Å². The Balaban J connectivity index is 1.01. The number of anilines is 1. The molecular formula is C42H45N5O6. The van der Waals surface area contributed by atoms with E-state index in [1.807, 2.05) is 42.5 Å². The minimum atomic E-state index is -0.521. The van der Waals surface area contributed by atoms with Crippen LogP contribution in [0, 0.1) is 0 Å². The zero-order valence-corrected chi connectivity index (χ0v) is 30.6. The van der Waals surface area contributed by atoms with Gasteiger partial charge in [-0.3, -0.25) is 24.5 Å². The van der Waals surface area contributed by atoms with Gasteiger partial charge in [0.15, 0.2) is 17.9 Å². The maximum absolute atomic E-state index is 12.4. The van der Waals surface area contributed by atoms with Crippen molar-refractivity contribution < 1.29 is 28.7 Å². The minimum absolute atomic E-state index is 0.0702. The Bertz CT molecular complexity index is 2000.